The van der Waals surface area contributed by atoms with Gasteiger partial charge in [-0.25, -0.2) is 0 Å². The molecule has 0 aliphatic heterocycles. The summed E-state index contributed by atoms with van der Waals surface area (Å²) in [6.07, 6.45) is 0. The summed E-state index contributed by atoms with van der Waals surface area (Å²) in [5, 5.41) is 9.26. The van der Waals surface area contributed by atoms with Gasteiger partial charge in [-0.15, -0.1) is 0 Å². The van der Waals surface area contributed by atoms with Gasteiger partial charge in [0.15, 0.2) is 18.9 Å². The zero-order valence-electron chi connectivity index (χ0n) is 14.4. The highest BCUT2D eigenvalue weighted by Crippen LogP contribution is 2.18. The normalized spacial score (nSPS) is 11.8. The Morgan fingerprint density at radius 3 is 2.21 bits per heavy atom. The van der Waals surface area contributed by atoms with Crippen molar-refractivity contribution in [3.8, 4) is 0 Å². The largest absolute Gasteiger partial charge is 0.360 e. The van der Waals surface area contributed by atoms with Crippen LogP contribution < -0.4 is 15.5 Å². The molecule has 0 spiro atoms. The SMILES string of the molecule is Cc1cc(NC(=O)C[NH+](C)CC(=O)Nc2c(C)cccc2C)no1. The van der Waals surface area contributed by atoms with E-state index in [1.54, 1.807) is 20.0 Å². The van der Waals surface area contributed by atoms with Crippen molar-refractivity contribution >= 4 is 23.3 Å². The predicted molar refractivity (Wildman–Crippen MR) is 91.0 cm³/mol. The fourth-order valence-electron chi connectivity index (χ4n) is 2.42. The summed E-state index contributed by atoms with van der Waals surface area (Å²) in [5.41, 5.74) is 2.86. The second kappa shape index (κ2) is 7.74. The molecule has 24 heavy (non-hydrogen) atoms. The second-order valence-corrected chi connectivity index (χ2v) is 6.00. The van der Waals surface area contributed by atoms with Crippen LogP contribution in [0.15, 0.2) is 28.8 Å². The Hall–Kier alpha value is -2.67. The quantitative estimate of drug-likeness (QED) is 0.727. The Morgan fingerprint density at radius 2 is 1.67 bits per heavy atom. The number of amides is 2. The van der Waals surface area contributed by atoms with Crippen molar-refractivity contribution in [2.24, 2.45) is 0 Å². The van der Waals surface area contributed by atoms with E-state index >= 15 is 0 Å². The van der Waals surface area contributed by atoms with E-state index in [0.717, 1.165) is 21.7 Å². The summed E-state index contributed by atoms with van der Waals surface area (Å²) in [5.74, 6) is 0.653. The second-order valence-electron chi connectivity index (χ2n) is 6.00. The van der Waals surface area contributed by atoms with E-state index < -0.39 is 0 Å². The van der Waals surface area contributed by atoms with Crippen LogP contribution in [-0.2, 0) is 9.59 Å². The van der Waals surface area contributed by atoms with E-state index in [1.165, 1.54) is 0 Å². The Labute approximate surface area is 141 Å². The lowest BCUT2D eigenvalue weighted by atomic mass is 10.1. The molecule has 0 bridgehead atoms. The van der Waals surface area contributed by atoms with Gasteiger partial charge in [-0.3, -0.25) is 9.59 Å². The molecule has 0 saturated heterocycles. The molecule has 1 unspecified atom stereocenters. The van der Waals surface area contributed by atoms with Crippen molar-refractivity contribution in [3.05, 3.63) is 41.2 Å². The molecule has 128 valence electrons. The molecule has 0 aliphatic rings. The number of carbonyl (C=O) groups is 2. The van der Waals surface area contributed by atoms with Gasteiger partial charge >= 0.3 is 0 Å². The van der Waals surface area contributed by atoms with Crippen molar-refractivity contribution < 1.29 is 19.0 Å². The number of hydrogen-bond acceptors (Lipinski definition) is 4. The molecule has 2 rings (SSSR count). The maximum atomic E-state index is 12.2. The standard InChI is InChI=1S/C17H22N4O3/c1-11-6-5-7-12(2)17(11)19-16(23)10-21(4)9-15(22)18-14-8-13(3)24-20-14/h5-8H,9-10H2,1-4H3,(H,19,23)(H,18,20,22)/p+1. The van der Waals surface area contributed by atoms with E-state index in [9.17, 15) is 9.59 Å². The smallest absolute Gasteiger partial charge is 0.280 e. The third kappa shape index (κ3) is 4.92. The van der Waals surface area contributed by atoms with Crippen molar-refractivity contribution in [1.82, 2.24) is 5.16 Å². The van der Waals surface area contributed by atoms with Crippen LogP contribution in [-0.4, -0.2) is 37.1 Å². The monoisotopic (exact) mass is 331 g/mol. The van der Waals surface area contributed by atoms with Gasteiger partial charge in [0, 0.05) is 11.8 Å². The fourth-order valence-corrected chi connectivity index (χ4v) is 2.42. The van der Waals surface area contributed by atoms with Crippen LogP contribution in [0.5, 0.6) is 0 Å². The highest BCUT2D eigenvalue weighted by Gasteiger charge is 2.16. The molecule has 0 aliphatic carbocycles. The van der Waals surface area contributed by atoms with Gasteiger partial charge in [-0.1, -0.05) is 23.4 Å². The number of anilines is 2. The number of nitrogens with zero attached hydrogens (tertiary/aromatic N) is 1. The molecule has 0 radical (unpaired) electrons. The summed E-state index contributed by atoms with van der Waals surface area (Å²) in [4.78, 5) is 24.9. The van der Waals surface area contributed by atoms with Gasteiger partial charge in [0.2, 0.25) is 0 Å². The highest BCUT2D eigenvalue weighted by molar-refractivity contribution is 5.93. The third-order valence-corrected chi connectivity index (χ3v) is 3.57. The number of nitrogens with one attached hydrogen (secondary N) is 3. The van der Waals surface area contributed by atoms with Crippen LogP contribution in [0, 0.1) is 20.8 Å². The van der Waals surface area contributed by atoms with E-state index in [4.69, 9.17) is 4.52 Å². The predicted octanol–water partition coefficient (Wildman–Crippen LogP) is 0.692. The summed E-state index contributed by atoms with van der Waals surface area (Å²) < 4.78 is 4.89. The molecule has 1 heterocycles. The van der Waals surface area contributed by atoms with Gasteiger partial charge in [-0.05, 0) is 31.9 Å². The average molecular weight is 331 g/mol. The Kier molecular flexibility index (Phi) is 5.70. The summed E-state index contributed by atoms with van der Waals surface area (Å²) >= 11 is 0. The number of benzene rings is 1. The molecular weight excluding hydrogens is 308 g/mol. The van der Waals surface area contributed by atoms with Gasteiger partial charge in [0.1, 0.15) is 5.76 Å². The Bertz CT molecular complexity index is 719. The maximum absolute atomic E-state index is 12.2. The number of para-hydroxylation sites is 1. The third-order valence-electron chi connectivity index (χ3n) is 3.57. The molecule has 0 saturated carbocycles. The van der Waals surface area contributed by atoms with Crippen molar-refractivity contribution in [3.63, 3.8) is 0 Å². The van der Waals surface area contributed by atoms with Crippen molar-refractivity contribution in [2.45, 2.75) is 20.8 Å². The lowest BCUT2D eigenvalue weighted by Gasteiger charge is -2.15. The van der Waals surface area contributed by atoms with Crippen LogP contribution in [0.3, 0.4) is 0 Å². The Balaban J connectivity index is 1.84. The molecule has 3 N–H and O–H groups in total. The first kappa shape index (κ1) is 17.7. The molecule has 2 aromatic rings. The molecule has 1 aromatic heterocycles. The van der Waals surface area contributed by atoms with Crippen molar-refractivity contribution in [2.75, 3.05) is 30.8 Å². The number of rotatable bonds is 6. The molecule has 2 amide bonds. The van der Waals surface area contributed by atoms with Gasteiger partial charge in [0.05, 0.1) is 7.05 Å². The van der Waals surface area contributed by atoms with Gasteiger partial charge in [-0.2, -0.15) is 0 Å². The van der Waals surface area contributed by atoms with E-state index in [0.29, 0.717) is 11.6 Å². The van der Waals surface area contributed by atoms with Crippen LogP contribution in [0.25, 0.3) is 0 Å². The maximum Gasteiger partial charge on any atom is 0.280 e. The van der Waals surface area contributed by atoms with Crippen molar-refractivity contribution in [1.29, 1.82) is 0 Å². The summed E-state index contributed by atoms with van der Waals surface area (Å²) in [6, 6.07) is 7.49. The lowest BCUT2D eigenvalue weighted by Crippen LogP contribution is -3.11. The first-order valence-electron chi connectivity index (χ1n) is 7.75. The minimum Gasteiger partial charge on any atom is -0.360 e. The molecule has 1 aromatic carbocycles. The number of carbonyl (C=O) groups excluding carboxylic acids is 2. The van der Waals surface area contributed by atoms with E-state index in [1.807, 2.05) is 32.0 Å². The number of aryl methyl sites for hydroxylation is 3. The average Bonchev–Trinajstić information content (AvgIpc) is 2.87. The summed E-state index contributed by atoms with van der Waals surface area (Å²) in [6.45, 7) is 6.00. The first-order chi connectivity index (χ1) is 11.3. The van der Waals surface area contributed by atoms with Crippen LogP contribution in [0.2, 0.25) is 0 Å². The lowest BCUT2D eigenvalue weighted by molar-refractivity contribution is -0.862. The number of quaternary nitrogens is 1. The zero-order valence-corrected chi connectivity index (χ0v) is 14.4. The minimum absolute atomic E-state index is 0.130. The molecular formula is C17H23N4O3+. The number of aromatic nitrogens is 1. The first-order valence-corrected chi connectivity index (χ1v) is 7.75. The van der Waals surface area contributed by atoms with Crippen LogP contribution in [0.4, 0.5) is 11.5 Å². The zero-order chi connectivity index (χ0) is 17.7. The van der Waals surface area contributed by atoms with Gasteiger partial charge < -0.3 is 20.1 Å². The molecule has 7 heteroatoms. The van der Waals surface area contributed by atoms with E-state index in [-0.39, 0.29) is 24.9 Å². The van der Waals surface area contributed by atoms with E-state index in [2.05, 4.69) is 15.8 Å². The molecule has 0 fully saturated rings. The fraction of sp³-hybridized carbons (Fsp3) is 0.353. The molecule has 1 atom stereocenters. The van der Waals surface area contributed by atoms with Crippen LogP contribution in [0.1, 0.15) is 16.9 Å². The molecule has 7 nitrogen and oxygen atoms in total. The van der Waals surface area contributed by atoms with Crippen LogP contribution >= 0.6 is 0 Å². The number of hydrogen-bond donors (Lipinski definition) is 3. The number of likely N-dealkylation sites (N-methyl/N-ethyl adjacent to an activating group) is 1. The topological polar surface area (TPSA) is 88.7 Å². The minimum atomic E-state index is -0.222. The summed E-state index contributed by atoms with van der Waals surface area (Å²) in [7, 11) is 1.79. The Morgan fingerprint density at radius 1 is 1.08 bits per heavy atom. The van der Waals surface area contributed by atoms with Gasteiger partial charge in [0.25, 0.3) is 11.8 Å². The highest BCUT2D eigenvalue weighted by atomic mass is 16.5.